The molecular formula is C25H43N3O11S. The molecule has 0 spiro atoms. The fourth-order valence-electron chi connectivity index (χ4n) is 3.24. The molecule has 40 heavy (non-hydrogen) atoms. The van der Waals surface area contributed by atoms with E-state index in [2.05, 4.69) is 15.3 Å². The SMILES string of the molecule is CSc1ncc2c(n1)NC(=O)OC2CCOCCOCCOCCOCCOCCOCCOCCOCCO. The monoisotopic (exact) mass is 593 g/mol. The molecule has 0 saturated carbocycles. The van der Waals surface area contributed by atoms with Gasteiger partial charge in [0.15, 0.2) is 5.16 Å². The molecule has 1 amide bonds. The highest BCUT2D eigenvalue weighted by atomic mass is 32.2. The highest BCUT2D eigenvalue weighted by Crippen LogP contribution is 2.31. The quantitative estimate of drug-likeness (QED) is 0.0854. The van der Waals surface area contributed by atoms with E-state index in [-0.39, 0.29) is 6.61 Å². The molecule has 1 aliphatic rings. The first-order chi connectivity index (χ1) is 19.7. The maximum Gasteiger partial charge on any atom is 0.413 e. The Morgan fingerprint density at radius 2 is 1.18 bits per heavy atom. The van der Waals surface area contributed by atoms with Crippen LogP contribution in [0.1, 0.15) is 18.1 Å². The predicted molar refractivity (Wildman–Crippen MR) is 145 cm³/mol. The molecule has 0 bridgehead atoms. The molecule has 0 saturated heterocycles. The Labute approximate surface area is 239 Å². The third-order valence-electron chi connectivity index (χ3n) is 5.16. The molecule has 230 valence electrons. The van der Waals surface area contributed by atoms with Crippen molar-refractivity contribution in [3.05, 3.63) is 11.8 Å². The van der Waals surface area contributed by atoms with Crippen molar-refractivity contribution in [2.24, 2.45) is 0 Å². The molecule has 15 heteroatoms. The average molecular weight is 594 g/mol. The predicted octanol–water partition coefficient (Wildman–Crippen LogP) is 1.32. The molecule has 2 heterocycles. The van der Waals surface area contributed by atoms with Crippen molar-refractivity contribution in [3.63, 3.8) is 0 Å². The maximum absolute atomic E-state index is 11.8. The number of nitrogens with zero attached hydrogens (tertiary/aromatic N) is 2. The first-order valence-corrected chi connectivity index (χ1v) is 14.6. The van der Waals surface area contributed by atoms with Crippen LogP contribution in [0.15, 0.2) is 11.4 Å². The lowest BCUT2D eigenvalue weighted by molar-refractivity contribution is -0.0245. The molecule has 1 unspecified atom stereocenters. The van der Waals surface area contributed by atoms with Crippen LogP contribution in [0.25, 0.3) is 0 Å². The molecule has 1 aromatic rings. The van der Waals surface area contributed by atoms with Crippen LogP contribution in [0.2, 0.25) is 0 Å². The van der Waals surface area contributed by atoms with Crippen LogP contribution >= 0.6 is 11.8 Å². The van der Waals surface area contributed by atoms with Gasteiger partial charge in [-0.2, -0.15) is 0 Å². The van der Waals surface area contributed by atoms with E-state index in [4.69, 9.17) is 47.7 Å². The number of aliphatic hydroxyl groups is 1. The molecular weight excluding hydrogens is 550 g/mol. The van der Waals surface area contributed by atoms with Crippen LogP contribution < -0.4 is 5.32 Å². The first kappa shape index (κ1) is 34.5. The summed E-state index contributed by atoms with van der Waals surface area (Å²) in [6.07, 6.45) is 3.09. The second-order valence-electron chi connectivity index (χ2n) is 8.09. The van der Waals surface area contributed by atoms with Gasteiger partial charge in [0.2, 0.25) is 0 Å². The summed E-state index contributed by atoms with van der Waals surface area (Å²) in [5.41, 5.74) is 0.743. The highest BCUT2D eigenvalue weighted by Gasteiger charge is 2.28. The van der Waals surface area contributed by atoms with Gasteiger partial charge in [-0.05, 0) is 6.26 Å². The van der Waals surface area contributed by atoms with Gasteiger partial charge in [0, 0.05) is 12.6 Å². The number of hydrogen-bond acceptors (Lipinski definition) is 14. The molecule has 0 radical (unpaired) electrons. The summed E-state index contributed by atoms with van der Waals surface area (Å²) >= 11 is 1.40. The molecule has 0 aromatic carbocycles. The minimum absolute atomic E-state index is 0.0205. The first-order valence-electron chi connectivity index (χ1n) is 13.4. The number of aliphatic hydroxyl groups excluding tert-OH is 1. The summed E-state index contributed by atoms with van der Waals surface area (Å²) < 4.78 is 48.6. The van der Waals surface area contributed by atoms with E-state index < -0.39 is 12.2 Å². The highest BCUT2D eigenvalue weighted by molar-refractivity contribution is 7.98. The Kier molecular flexibility index (Phi) is 20.7. The number of amides is 1. The second kappa shape index (κ2) is 24.0. The third-order valence-corrected chi connectivity index (χ3v) is 5.72. The Balaban J connectivity index is 1.28. The number of anilines is 1. The minimum Gasteiger partial charge on any atom is -0.441 e. The smallest absolute Gasteiger partial charge is 0.413 e. The molecule has 0 aliphatic carbocycles. The largest absolute Gasteiger partial charge is 0.441 e. The standard InChI is InChI=1S/C25H43N3O11S/c1-40-24-26-20-21-22(39-25(30)28-23(21)27-24)2-4-31-6-8-33-10-12-35-14-16-37-18-19-38-17-15-36-13-11-34-9-7-32-5-3-29/h20,22,29H,2-19H2,1H3,(H,26,27,28,30). The van der Waals surface area contributed by atoms with Gasteiger partial charge in [-0.1, -0.05) is 11.8 Å². The lowest BCUT2D eigenvalue weighted by atomic mass is 10.1. The van der Waals surface area contributed by atoms with Crippen molar-refractivity contribution in [2.75, 3.05) is 124 Å². The van der Waals surface area contributed by atoms with E-state index >= 15 is 0 Å². The zero-order valence-corrected chi connectivity index (χ0v) is 24.0. The zero-order chi connectivity index (χ0) is 28.5. The molecule has 1 aliphatic heterocycles. The van der Waals surface area contributed by atoms with Crippen LogP contribution in [0, 0.1) is 0 Å². The van der Waals surface area contributed by atoms with Gasteiger partial charge >= 0.3 is 6.09 Å². The third kappa shape index (κ3) is 16.6. The Morgan fingerprint density at radius 3 is 1.60 bits per heavy atom. The molecule has 2 rings (SSSR count). The van der Waals surface area contributed by atoms with Gasteiger partial charge in [-0.25, -0.2) is 14.8 Å². The van der Waals surface area contributed by atoms with Gasteiger partial charge < -0.3 is 47.7 Å². The summed E-state index contributed by atoms with van der Waals surface area (Å²) in [7, 11) is 0. The van der Waals surface area contributed by atoms with Crippen molar-refractivity contribution in [2.45, 2.75) is 17.7 Å². The molecule has 1 atom stereocenters. The van der Waals surface area contributed by atoms with Crippen molar-refractivity contribution >= 4 is 23.7 Å². The van der Waals surface area contributed by atoms with E-state index in [1.165, 1.54) is 11.8 Å². The molecule has 0 fully saturated rings. The number of carbonyl (C=O) groups excluding carboxylic acids is 1. The number of carbonyl (C=O) groups is 1. The number of aromatic nitrogens is 2. The summed E-state index contributed by atoms with van der Waals surface area (Å²) in [4.78, 5) is 20.3. The molecule has 2 N–H and O–H groups in total. The number of nitrogens with one attached hydrogen (secondary N) is 1. The topological polar surface area (TPSA) is 158 Å². The zero-order valence-electron chi connectivity index (χ0n) is 23.2. The van der Waals surface area contributed by atoms with E-state index in [9.17, 15) is 4.79 Å². The van der Waals surface area contributed by atoms with Crippen molar-refractivity contribution in [1.29, 1.82) is 0 Å². The summed E-state index contributed by atoms with van der Waals surface area (Å²) in [5, 5.41) is 11.8. The fourth-order valence-corrected chi connectivity index (χ4v) is 3.58. The van der Waals surface area contributed by atoms with Crippen LogP contribution in [0.4, 0.5) is 10.6 Å². The number of rotatable bonds is 27. The number of ether oxygens (including phenoxy) is 9. The van der Waals surface area contributed by atoms with Crippen LogP contribution in [0.5, 0.6) is 0 Å². The lowest BCUT2D eigenvalue weighted by Gasteiger charge is -2.25. The van der Waals surface area contributed by atoms with Gasteiger partial charge in [-0.15, -0.1) is 0 Å². The fraction of sp³-hybridized carbons (Fsp3) is 0.800. The van der Waals surface area contributed by atoms with Gasteiger partial charge in [0.05, 0.1) is 118 Å². The van der Waals surface area contributed by atoms with Gasteiger partial charge in [-0.3, -0.25) is 5.32 Å². The van der Waals surface area contributed by atoms with Crippen LogP contribution in [-0.2, 0) is 42.6 Å². The molecule has 14 nitrogen and oxygen atoms in total. The Bertz CT molecular complexity index is 782. The van der Waals surface area contributed by atoms with E-state index in [1.807, 2.05) is 6.26 Å². The van der Waals surface area contributed by atoms with E-state index in [0.717, 1.165) is 5.56 Å². The molecule has 1 aromatic heterocycles. The minimum atomic E-state index is -0.525. The number of cyclic esters (lactones) is 1. The average Bonchev–Trinajstić information content (AvgIpc) is 2.96. The van der Waals surface area contributed by atoms with Crippen LogP contribution in [-0.4, -0.2) is 140 Å². The van der Waals surface area contributed by atoms with Crippen molar-refractivity contribution < 1.29 is 52.5 Å². The lowest BCUT2D eigenvalue weighted by Crippen LogP contribution is -2.26. The second-order valence-corrected chi connectivity index (χ2v) is 8.86. The summed E-state index contributed by atoms with van der Waals surface area (Å²) in [6.45, 7) is 7.43. The van der Waals surface area contributed by atoms with Crippen molar-refractivity contribution in [3.8, 4) is 0 Å². The van der Waals surface area contributed by atoms with Crippen molar-refractivity contribution in [1.82, 2.24) is 9.97 Å². The van der Waals surface area contributed by atoms with Gasteiger partial charge in [0.1, 0.15) is 11.9 Å². The normalized spacial score (nSPS) is 14.7. The number of fused-ring (bicyclic) bond motifs is 1. The number of thioether (sulfide) groups is 1. The van der Waals surface area contributed by atoms with Gasteiger partial charge in [0.25, 0.3) is 0 Å². The summed E-state index contributed by atoms with van der Waals surface area (Å²) in [6, 6.07) is 0. The Hall–Kier alpha value is -1.66. The maximum atomic E-state index is 11.8. The number of hydrogen-bond donors (Lipinski definition) is 2. The summed E-state index contributed by atoms with van der Waals surface area (Å²) in [5.74, 6) is 0.487. The van der Waals surface area contributed by atoms with Crippen LogP contribution in [0.3, 0.4) is 0 Å². The van der Waals surface area contributed by atoms with E-state index in [0.29, 0.717) is 123 Å². The Morgan fingerprint density at radius 1 is 0.750 bits per heavy atom. The van der Waals surface area contributed by atoms with E-state index in [1.54, 1.807) is 6.20 Å².